The highest BCUT2D eigenvalue weighted by Crippen LogP contribution is 2.50. The van der Waals surface area contributed by atoms with Crippen LogP contribution in [0.25, 0.3) is 0 Å². The summed E-state index contributed by atoms with van der Waals surface area (Å²) in [4.78, 5) is 0. The molecule has 0 bridgehead atoms. The van der Waals surface area contributed by atoms with E-state index in [9.17, 15) is 105 Å². The van der Waals surface area contributed by atoms with Crippen LogP contribution in [0.15, 0.2) is 72.8 Å². The molecule has 66 heavy (non-hydrogen) atoms. The van der Waals surface area contributed by atoms with Gasteiger partial charge < -0.3 is 9.05 Å². The Labute approximate surface area is 356 Å². The Balaban J connectivity index is 1.80. The summed E-state index contributed by atoms with van der Waals surface area (Å²) in [6.45, 7) is 0. The van der Waals surface area contributed by atoms with E-state index in [1.165, 1.54) is 0 Å². The monoisotopic (exact) mass is 1030 g/mol. The smallest absolute Gasteiger partial charge is 0.344 e. The van der Waals surface area contributed by atoms with Crippen LogP contribution in [0.5, 0.6) is 0 Å². The second kappa shape index (κ2) is 18.1. The van der Waals surface area contributed by atoms with Gasteiger partial charge in [0.15, 0.2) is 0 Å². The lowest BCUT2D eigenvalue weighted by Gasteiger charge is -2.37. The van der Waals surface area contributed by atoms with Gasteiger partial charge in [-0.05, 0) is 85.6 Å². The van der Waals surface area contributed by atoms with Gasteiger partial charge in [-0.3, -0.25) is 0 Å². The van der Waals surface area contributed by atoms with Gasteiger partial charge in [-0.15, -0.1) is 0 Å². The molecular weight excluding hydrogens is 1010 g/mol. The summed E-state index contributed by atoms with van der Waals surface area (Å²) in [6, 6.07) is -2.87. The van der Waals surface area contributed by atoms with E-state index < -0.39 is 181 Å². The third kappa shape index (κ3) is 12.9. The van der Waals surface area contributed by atoms with E-state index in [4.69, 9.17) is 9.05 Å². The van der Waals surface area contributed by atoms with Crippen LogP contribution in [0.4, 0.5) is 105 Å². The molecule has 0 amide bonds. The molecule has 0 radical (unpaired) electrons. The van der Waals surface area contributed by atoms with Crippen LogP contribution in [0, 0.1) is 0 Å². The number of hydrogen-bond donors (Lipinski definition) is 0. The summed E-state index contributed by atoms with van der Waals surface area (Å²) in [5.41, 5.74) is -17.3. The molecule has 0 saturated heterocycles. The highest BCUT2D eigenvalue weighted by Gasteiger charge is 2.45. The second-order valence-electron chi connectivity index (χ2n) is 14.2. The molecule has 5 rings (SSSR count). The maximum Gasteiger partial charge on any atom is 0.416 e. The number of benzene rings is 4. The van der Waals surface area contributed by atoms with E-state index >= 15 is 0 Å². The third-order valence-electron chi connectivity index (χ3n) is 9.35. The van der Waals surface area contributed by atoms with Crippen molar-refractivity contribution in [1.29, 1.82) is 0 Å². The Morgan fingerprint density at radius 3 is 0.561 bits per heavy atom. The lowest BCUT2D eigenvalue weighted by molar-refractivity contribution is -0.144. The quantitative estimate of drug-likeness (QED) is 0.129. The van der Waals surface area contributed by atoms with E-state index in [1.54, 1.807) is 0 Å². The minimum Gasteiger partial charge on any atom is -0.344 e. The molecule has 0 unspecified atom stereocenters. The minimum absolute atomic E-state index is 0.122. The van der Waals surface area contributed by atoms with Gasteiger partial charge in [0.05, 0.1) is 73.0 Å². The number of hydrogen-bond acceptors (Lipinski definition) is 2. The van der Waals surface area contributed by atoms with Crippen LogP contribution in [0.2, 0.25) is 0 Å². The highest BCUT2D eigenvalue weighted by molar-refractivity contribution is 7.69. The molecule has 0 aliphatic heterocycles. The summed E-state index contributed by atoms with van der Waals surface area (Å²) in [5.74, 6) is 0. The van der Waals surface area contributed by atoms with Gasteiger partial charge >= 0.3 is 49.4 Å². The lowest BCUT2D eigenvalue weighted by atomic mass is 9.95. The van der Waals surface area contributed by atoms with Crippen molar-refractivity contribution >= 4 is 37.5 Å². The zero-order chi connectivity index (χ0) is 50.0. The topological polar surface area (TPSA) is 18.5 Å². The molecule has 0 N–H and O–H groups in total. The summed E-state index contributed by atoms with van der Waals surface area (Å²) < 4.78 is 349. The van der Waals surface area contributed by atoms with E-state index in [2.05, 4.69) is 0 Å². The zero-order valence-corrected chi connectivity index (χ0v) is 33.5. The van der Waals surface area contributed by atoms with Crippen molar-refractivity contribution in [2.24, 2.45) is 0 Å². The van der Waals surface area contributed by atoms with Crippen molar-refractivity contribution in [3.05, 3.63) is 117 Å². The summed E-state index contributed by atoms with van der Waals surface area (Å²) in [6.07, 6.45) is -51.4. The molecule has 2 atom stereocenters. The maximum absolute atomic E-state index is 14.0. The number of rotatable bonds is 8. The average molecular weight is 1030 g/mol. The zero-order valence-electron chi connectivity index (χ0n) is 31.7. The predicted molar refractivity (Wildman–Crippen MR) is 186 cm³/mol. The fraction of sp³-hybridized carbons (Fsp3) is 0.368. The molecule has 364 valence electrons. The summed E-state index contributed by atoms with van der Waals surface area (Å²) >= 11 is 0. The first-order valence-corrected chi connectivity index (χ1v) is 20.4. The Morgan fingerprint density at radius 2 is 0.424 bits per heavy atom. The molecular formula is C38H22F24O2P2. The van der Waals surface area contributed by atoms with Crippen LogP contribution in [-0.2, 0) is 58.5 Å². The van der Waals surface area contributed by atoms with E-state index in [1.807, 2.05) is 0 Å². The normalized spacial score (nSPS) is 17.5. The maximum atomic E-state index is 14.0. The summed E-state index contributed by atoms with van der Waals surface area (Å²) in [7, 11) is -7.68. The molecule has 0 aromatic heterocycles. The predicted octanol–water partition coefficient (Wildman–Crippen LogP) is 14.6. The van der Waals surface area contributed by atoms with Crippen molar-refractivity contribution in [2.75, 3.05) is 0 Å². The first-order chi connectivity index (χ1) is 29.7. The van der Waals surface area contributed by atoms with Gasteiger partial charge in [-0.2, -0.15) is 105 Å². The van der Waals surface area contributed by atoms with Gasteiger partial charge in [0.2, 0.25) is 0 Å². The molecule has 1 saturated carbocycles. The van der Waals surface area contributed by atoms with Crippen LogP contribution in [-0.4, -0.2) is 12.2 Å². The Bertz CT molecular complexity index is 1920. The molecule has 4 aromatic carbocycles. The lowest BCUT2D eigenvalue weighted by Crippen LogP contribution is -2.36. The van der Waals surface area contributed by atoms with Gasteiger partial charge in [-0.1, -0.05) is 12.8 Å². The molecule has 2 nitrogen and oxygen atoms in total. The second-order valence-corrected chi connectivity index (χ2v) is 17.9. The first-order valence-electron chi connectivity index (χ1n) is 17.8. The van der Waals surface area contributed by atoms with Crippen molar-refractivity contribution in [1.82, 2.24) is 0 Å². The van der Waals surface area contributed by atoms with Crippen LogP contribution < -0.4 is 21.2 Å². The SMILES string of the molecule is FC(F)(F)c1cc(P(O[C@@H]2CCCC[C@H]2OP(c2cc(C(F)(F)F)cc(C(F)(F)F)c2)c2cc(C(F)(F)F)cc(C(F)(F)F)c2)c2cc(C(F)(F)F)cc(C(F)(F)F)c2)cc(C(F)(F)F)c1. The Hall–Kier alpha value is -4.02. The van der Waals surface area contributed by atoms with Crippen LogP contribution >= 0.6 is 16.3 Å². The van der Waals surface area contributed by atoms with Crippen molar-refractivity contribution in [2.45, 2.75) is 87.3 Å². The largest absolute Gasteiger partial charge is 0.416 e. The molecule has 0 heterocycles. The fourth-order valence-corrected chi connectivity index (χ4v) is 10.5. The molecule has 28 heteroatoms. The standard InChI is InChI=1S/C38H22F24O2P2/c39-31(40,41)17-5-18(32(42,43)44)10-25(9-17)65(26-11-19(33(45,46)47)6-20(12-26)34(48,49)50)63-29-3-1-2-4-30(29)64-66(27-13-21(35(51,52)53)7-22(14-27)36(54,55)56)28-15-23(37(57,58)59)8-24(16-28)38(60,61)62/h5-16,29-30H,1-4H2/t29-,30-/m1/s1. The Morgan fingerprint density at radius 1 is 0.273 bits per heavy atom. The first kappa shape index (κ1) is 52.9. The molecule has 1 aliphatic rings. The van der Waals surface area contributed by atoms with Gasteiger partial charge in [-0.25, -0.2) is 0 Å². The summed E-state index contributed by atoms with van der Waals surface area (Å²) in [5, 5.41) is -5.48. The van der Waals surface area contributed by atoms with E-state index in [-0.39, 0.29) is 61.4 Å². The van der Waals surface area contributed by atoms with Gasteiger partial charge in [0, 0.05) is 21.2 Å². The van der Waals surface area contributed by atoms with Crippen LogP contribution in [0.3, 0.4) is 0 Å². The van der Waals surface area contributed by atoms with Crippen molar-refractivity contribution < 1.29 is 114 Å². The minimum atomic E-state index is -5.70. The average Bonchev–Trinajstić information content (AvgIpc) is 3.16. The third-order valence-corrected chi connectivity index (χ3v) is 13.2. The molecule has 4 aromatic rings. The van der Waals surface area contributed by atoms with E-state index in [0.29, 0.717) is 0 Å². The fourth-order valence-electron chi connectivity index (χ4n) is 6.34. The van der Waals surface area contributed by atoms with Crippen LogP contribution in [0.1, 0.15) is 70.2 Å². The molecule has 1 fully saturated rings. The number of halogens is 24. The van der Waals surface area contributed by atoms with E-state index in [0.717, 1.165) is 0 Å². The van der Waals surface area contributed by atoms with Crippen molar-refractivity contribution in [3.63, 3.8) is 0 Å². The molecule has 0 spiro atoms. The highest BCUT2D eigenvalue weighted by atomic mass is 31.1. The van der Waals surface area contributed by atoms with Crippen molar-refractivity contribution in [3.8, 4) is 0 Å². The Kier molecular flexibility index (Phi) is 14.5. The van der Waals surface area contributed by atoms with Gasteiger partial charge in [0.25, 0.3) is 0 Å². The van der Waals surface area contributed by atoms with Gasteiger partial charge in [0.1, 0.15) is 0 Å². The number of alkyl halides is 24. The molecule has 1 aliphatic carbocycles.